The Balaban J connectivity index is 1.94. The lowest BCUT2D eigenvalue weighted by atomic mass is 10.0. The van der Waals surface area contributed by atoms with Gasteiger partial charge in [-0.05, 0) is 30.3 Å². The zero-order valence-electron chi connectivity index (χ0n) is 12.6. The lowest BCUT2D eigenvalue weighted by molar-refractivity contribution is 0.0733. The maximum atomic E-state index is 12.7. The maximum Gasteiger partial charge on any atom is 0.343 e. The van der Waals surface area contributed by atoms with Gasteiger partial charge in [0.05, 0.1) is 11.1 Å². The number of carbonyl (C=O) groups is 2. The predicted molar refractivity (Wildman–Crippen MR) is 92.7 cm³/mol. The Morgan fingerprint density at radius 2 is 1.33 bits per heavy atom. The van der Waals surface area contributed by atoms with Crippen LogP contribution in [-0.4, -0.2) is 11.8 Å². The van der Waals surface area contributed by atoms with Crippen molar-refractivity contribution in [2.75, 3.05) is 0 Å². The van der Waals surface area contributed by atoms with Crippen LogP contribution in [0.3, 0.4) is 0 Å². The lowest BCUT2D eigenvalue weighted by Gasteiger charge is -2.10. The van der Waals surface area contributed by atoms with Crippen molar-refractivity contribution in [2.45, 2.75) is 0 Å². The number of esters is 1. The second-order valence-corrected chi connectivity index (χ2v) is 5.53. The van der Waals surface area contributed by atoms with Crippen LogP contribution in [0.25, 0.3) is 0 Å². The molecule has 3 aromatic rings. The van der Waals surface area contributed by atoms with E-state index in [0.717, 1.165) is 0 Å². The molecule has 4 heteroatoms. The van der Waals surface area contributed by atoms with Crippen molar-refractivity contribution in [1.29, 1.82) is 0 Å². The van der Waals surface area contributed by atoms with E-state index in [2.05, 4.69) is 0 Å². The Labute approximate surface area is 144 Å². The minimum atomic E-state index is -0.528. The maximum absolute atomic E-state index is 12.7. The van der Waals surface area contributed by atoms with Crippen LogP contribution in [0.5, 0.6) is 5.75 Å². The van der Waals surface area contributed by atoms with E-state index in [1.807, 2.05) is 12.1 Å². The zero-order chi connectivity index (χ0) is 16.9. The van der Waals surface area contributed by atoms with Crippen molar-refractivity contribution in [3.05, 3.63) is 101 Å². The lowest BCUT2D eigenvalue weighted by Crippen LogP contribution is -2.12. The monoisotopic (exact) mass is 336 g/mol. The Morgan fingerprint density at radius 3 is 1.96 bits per heavy atom. The second kappa shape index (κ2) is 7.11. The normalized spacial score (nSPS) is 10.2. The number of hydrogen-bond donors (Lipinski definition) is 0. The highest BCUT2D eigenvalue weighted by Crippen LogP contribution is 2.26. The van der Waals surface area contributed by atoms with Crippen LogP contribution in [0.1, 0.15) is 26.3 Å². The number of ether oxygens (including phenoxy) is 1. The average molecular weight is 337 g/mol. The van der Waals surface area contributed by atoms with Gasteiger partial charge in [0.1, 0.15) is 5.75 Å². The molecule has 0 N–H and O–H groups in total. The minimum Gasteiger partial charge on any atom is -0.422 e. The van der Waals surface area contributed by atoms with Crippen molar-refractivity contribution in [3.8, 4) is 5.75 Å². The van der Waals surface area contributed by atoms with Gasteiger partial charge in [0.25, 0.3) is 0 Å². The van der Waals surface area contributed by atoms with Crippen LogP contribution in [0.4, 0.5) is 0 Å². The quantitative estimate of drug-likeness (QED) is 0.391. The van der Waals surface area contributed by atoms with Crippen molar-refractivity contribution >= 4 is 23.4 Å². The molecule has 0 aliphatic carbocycles. The highest BCUT2D eigenvalue weighted by Gasteiger charge is 2.18. The number of hydrogen-bond acceptors (Lipinski definition) is 3. The van der Waals surface area contributed by atoms with Crippen molar-refractivity contribution < 1.29 is 14.3 Å². The Bertz CT molecular complexity index is 874. The van der Waals surface area contributed by atoms with Gasteiger partial charge in [-0.1, -0.05) is 60.1 Å². The zero-order valence-corrected chi connectivity index (χ0v) is 13.4. The van der Waals surface area contributed by atoms with E-state index < -0.39 is 5.97 Å². The topological polar surface area (TPSA) is 43.4 Å². The molecule has 3 nitrogen and oxygen atoms in total. The summed E-state index contributed by atoms with van der Waals surface area (Å²) in [4.78, 5) is 24.9. The summed E-state index contributed by atoms with van der Waals surface area (Å²) < 4.78 is 5.41. The fourth-order valence-corrected chi connectivity index (χ4v) is 2.42. The summed E-state index contributed by atoms with van der Waals surface area (Å²) in [6.07, 6.45) is 0. The molecule has 0 amide bonds. The van der Waals surface area contributed by atoms with Gasteiger partial charge < -0.3 is 4.74 Å². The molecule has 0 atom stereocenters. The molecule has 24 heavy (non-hydrogen) atoms. The first-order chi connectivity index (χ1) is 11.6. The molecule has 0 heterocycles. The summed E-state index contributed by atoms with van der Waals surface area (Å²) in [5, 5.41) is 0.397. The molecule has 0 spiro atoms. The fourth-order valence-electron chi connectivity index (χ4n) is 2.25. The number of halogens is 1. The van der Waals surface area contributed by atoms with Crippen LogP contribution in [0.15, 0.2) is 78.9 Å². The standard InChI is InChI=1S/C20H13ClO3/c21-16-11-12-18(24-20(23)15-9-5-2-6-10-15)17(13-16)19(22)14-7-3-1-4-8-14/h1-13H. The third-order valence-electron chi connectivity index (χ3n) is 3.43. The molecular formula is C20H13ClO3. The van der Waals surface area contributed by atoms with E-state index in [9.17, 15) is 9.59 Å². The van der Waals surface area contributed by atoms with Gasteiger partial charge in [-0.2, -0.15) is 0 Å². The third kappa shape index (κ3) is 3.53. The molecule has 0 aliphatic heterocycles. The number of ketones is 1. The molecule has 0 saturated heterocycles. The molecule has 3 aromatic carbocycles. The van der Waals surface area contributed by atoms with E-state index in [0.29, 0.717) is 16.1 Å². The summed E-state index contributed by atoms with van der Waals surface area (Å²) in [6.45, 7) is 0. The van der Waals surface area contributed by atoms with Gasteiger partial charge >= 0.3 is 5.97 Å². The summed E-state index contributed by atoms with van der Waals surface area (Å²) in [6, 6.07) is 22.0. The molecule has 0 radical (unpaired) electrons. The minimum absolute atomic E-state index is 0.183. The van der Waals surface area contributed by atoms with Gasteiger partial charge in [0.15, 0.2) is 5.78 Å². The molecule has 0 aliphatic rings. The van der Waals surface area contributed by atoms with E-state index in [-0.39, 0.29) is 17.1 Å². The van der Waals surface area contributed by atoms with E-state index >= 15 is 0 Å². The van der Waals surface area contributed by atoms with Crippen LogP contribution in [0, 0.1) is 0 Å². The van der Waals surface area contributed by atoms with Crippen molar-refractivity contribution in [1.82, 2.24) is 0 Å². The summed E-state index contributed by atoms with van der Waals surface area (Å²) >= 11 is 6.01. The van der Waals surface area contributed by atoms with Gasteiger partial charge in [0, 0.05) is 10.6 Å². The average Bonchev–Trinajstić information content (AvgIpc) is 2.64. The van der Waals surface area contributed by atoms with Crippen LogP contribution < -0.4 is 4.74 Å². The van der Waals surface area contributed by atoms with E-state index in [4.69, 9.17) is 16.3 Å². The molecule has 0 bridgehead atoms. The Kier molecular flexibility index (Phi) is 4.73. The third-order valence-corrected chi connectivity index (χ3v) is 3.67. The molecule has 0 unspecified atom stereocenters. The molecule has 3 rings (SSSR count). The first kappa shape index (κ1) is 16.0. The molecule has 0 aromatic heterocycles. The molecule has 118 valence electrons. The smallest absolute Gasteiger partial charge is 0.343 e. The van der Waals surface area contributed by atoms with E-state index in [1.54, 1.807) is 54.6 Å². The van der Waals surface area contributed by atoms with Crippen LogP contribution >= 0.6 is 11.6 Å². The number of rotatable bonds is 4. The SMILES string of the molecule is O=C(Oc1ccc(Cl)cc1C(=O)c1ccccc1)c1ccccc1. The van der Waals surface area contributed by atoms with Gasteiger partial charge in [-0.3, -0.25) is 4.79 Å². The van der Waals surface area contributed by atoms with Crippen molar-refractivity contribution in [3.63, 3.8) is 0 Å². The first-order valence-corrected chi connectivity index (χ1v) is 7.69. The number of carbonyl (C=O) groups excluding carboxylic acids is 2. The van der Waals surface area contributed by atoms with Crippen molar-refractivity contribution in [2.24, 2.45) is 0 Å². The number of benzene rings is 3. The summed E-state index contributed by atoms with van der Waals surface area (Å²) in [5.41, 5.74) is 1.15. The first-order valence-electron chi connectivity index (χ1n) is 7.31. The second-order valence-electron chi connectivity index (χ2n) is 5.09. The summed E-state index contributed by atoms with van der Waals surface area (Å²) in [7, 11) is 0. The Morgan fingerprint density at radius 1 is 0.750 bits per heavy atom. The highest BCUT2D eigenvalue weighted by molar-refractivity contribution is 6.31. The Hall–Kier alpha value is -2.91. The molecule has 0 saturated carbocycles. The van der Waals surface area contributed by atoms with Gasteiger partial charge in [-0.15, -0.1) is 0 Å². The van der Waals surface area contributed by atoms with Gasteiger partial charge in [0.2, 0.25) is 0 Å². The predicted octanol–water partition coefficient (Wildman–Crippen LogP) is 4.79. The van der Waals surface area contributed by atoms with Gasteiger partial charge in [-0.25, -0.2) is 4.79 Å². The fraction of sp³-hybridized carbons (Fsp3) is 0. The summed E-state index contributed by atoms with van der Waals surface area (Å²) in [5.74, 6) is -0.601. The molecular weight excluding hydrogens is 324 g/mol. The molecule has 0 fully saturated rings. The van der Waals surface area contributed by atoms with E-state index in [1.165, 1.54) is 12.1 Å². The largest absolute Gasteiger partial charge is 0.422 e. The highest BCUT2D eigenvalue weighted by atomic mass is 35.5. The van der Waals surface area contributed by atoms with Crippen LogP contribution in [-0.2, 0) is 0 Å². The van der Waals surface area contributed by atoms with Crippen LogP contribution in [0.2, 0.25) is 5.02 Å².